The number of nitrogens with zero attached hydrogens (tertiary/aromatic N) is 8. The van der Waals surface area contributed by atoms with E-state index < -0.39 is 0 Å². The van der Waals surface area contributed by atoms with Crippen molar-refractivity contribution in [3.05, 3.63) is 272 Å². The number of ketones is 2. The first-order chi connectivity index (χ1) is 53.2. The molecule has 4 fully saturated rings. The molecule has 109 heavy (non-hydrogen) atoms. The summed E-state index contributed by atoms with van der Waals surface area (Å²) in [6.45, 7) is 20.4. The molecule has 0 radical (unpaired) electrons. The van der Waals surface area contributed by atoms with E-state index >= 15 is 0 Å². The van der Waals surface area contributed by atoms with E-state index in [0.29, 0.717) is 23.2 Å². The number of carbonyl (C=O) groups excluding carboxylic acids is 3. The Hall–Kier alpha value is -8.71. The van der Waals surface area contributed by atoms with Crippen molar-refractivity contribution in [1.29, 1.82) is 0 Å². The quantitative estimate of drug-likeness (QED) is 0.0500. The van der Waals surface area contributed by atoms with Gasteiger partial charge in [0.2, 0.25) is 0 Å². The van der Waals surface area contributed by atoms with Crippen LogP contribution in [0, 0.1) is 18.7 Å². The van der Waals surface area contributed by atoms with Crippen molar-refractivity contribution in [3.63, 3.8) is 0 Å². The van der Waals surface area contributed by atoms with Crippen molar-refractivity contribution in [2.24, 2.45) is 5.92 Å². The smallest absolute Gasteiger partial charge is 0.253 e. The van der Waals surface area contributed by atoms with Crippen LogP contribution in [0.3, 0.4) is 0 Å². The molecule has 570 valence electrons. The minimum absolute atomic E-state index is 0.0337. The third kappa shape index (κ3) is 20.3. The number of para-hydroxylation sites is 3. The van der Waals surface area contributed by atoms with Crippen molar-refractivity contribution in [2.45, 2.75) is 136 Å². The highest BCUT2D eigenvalue weighted by Crippen LogP contribution is 2.41. The van der Waals surface area contributed by atoms with Crippen molar-refractivity contribution >= 4 is 77.7 Å². The van der Waals surface area contributed by atoms with Crippen LogP contribution in [0.2, 0.25) is 5.02 Å². The van der Waals surface area contributed by atoms with E-state index in [2.05, 4.69) is 127 Å². The molecule has 0 spiro atoms. The monoisotopic (exact) mass is 1550 g/mol. The molecule has 11 aromatic rings. The van der Waals surface area contributed by atoms with Crippen LogP contribution in [0.15, 0.2) is 211 Å². The highest BCUT2D eigenvalue weighted by molar-refractivity contribution is 9.10. The van der Waals surface area contributed by atoms with E-state index in [1.807, 2.05) is 134 Å². The lowest BCUT2D eigenvalue weighted by Gasteiger charge is -2.39. The summed E-state index contributed by atoms with van der Waals surface area (Å²) in [6, 6.07) is 63.1. The Morgan fingerprint density at radius 3 is 1.64 bits per heavy atom. The summed E-state index contributed by atoms with van der Waals surface area (Å²) < 4.78 is 32.4. The van der Waals surface area contributed by atoms with Gasteiger partial charge in [-0.05, 0) is 204 Å². The van der Waals surface area contributed by atoms with Crippen LogP contribution in [-0.2, 0) is 45.7 Å². The zero-order valence-electron chi connectivity index (χ0n) is 63.9. The van der Waals surface area contributed by atoms with Crippen LogP contribution >= 0.6 is 27.5 Å². The number of carbonyl (C=O) groups is 3. The number of methoxy groups -OCH3 is 2. The molecule has 4 aliphatic rings. The fraction of sp³-hybridized carbons (Fsp3) is 0.380. The molecule has 0 saturated carbocycles. The standard InChI is InChI=1S/C36H43N3O2.C31H34FN3O2.C25H29BrClN3O/c1-26-9-6-12-29(21-26)24-37-36(40)33-25-38(35-32(33)13-7-14-34(35)41-2)19-8-20-39-30-17-18-31(39)23-28(22-30)16-15-27-10-4-3-5-11-27;1-37-29-11-5-10-27-28(31(36)25-8-3-2-4-9-25)23-35(30(27)29)19-7-17-33-16-6-18-34(21-20-33)22-24-12-14-26(32)15-13-24;1-19(31)22-18-30(25-21(22)8-4-9-23(25)26)14-6-12-28-11-5-13-29(16-15-28)17-20-7-2-3-10-24(20)27/h3-7,9-14,21,25,28,30-31H,8,15-20,22-24H2,1-2H3,(H,37,40);2-5,8-15,23H,6-7,16-22H2,1H3;2-4,7-10,18H,5-6,11-17H2,1H3. The summed E-state index contributed by atoms with van der Waals surface area (Å²) in [5.41, 5.74) is 12.2. The molecular formula is C92H106BrClFN9O5. The second-order valence-corrected chi connectivity index (χ2v) is 31.4. The van der Waals surface area contributed by atoms with Crippen LogP contribution in [0.25, 0.3) is 32.7 Å². The van der Waals surface area contributed by atoms with Gasteiger partial charge in [0.1, 0.15) is 17.3 Å². The first-order valence-corrected chi connectivity index (χ1v) is 40.6. The van der Waals surface area contributed by atoms with Crippen LogP contribution < -0.4 is 14.8 Å². The second kappa shape index (κ2) is 38.3. The minimum Gasteiger partial charge on any atom is -0.495 e. The Kier molecular flexibility index (Phi) is 27.5. The van der Waals surface area contributed by atoms with Crippen LogP contribution in [0.4, 0.5) is 4.39 Å². The molecular weight excluding hydrogens is 1450 g/mol. The number of hydrogen-bond acceptors (Lipinski definition) is 10. The average Bonchev–Trinajstić information content (AvgIpc) is 1.63. The maximum atomic E-state index is 13.3. The molecule has 15 rings (SSSR count). The molecule has 1 amide bonds. The molecule has 4 aliphatic heterocycles. The van der Waals surface area contributed by atoms with Gasteiger partial charge in [0, 0.05) is 145 Å². The number of rotatable bonds is 27. The van der Waals surface area contributed by atoms with E-state index in [-0.39, 0.29) is 23.3 Å². The summed E-state index contributed by atoms with van der Waals surface area (Å²) in [5.74, 6) is 2.38. The Morgan fingerprint density at radius 1 is 0.514 bits per heavy atom. The molecule has 17 heteroatoms. The summed E-state index contributed by atoms with van der Waals surface area (Å²) in [7, 11) is 3.39. The fourth-order valence-electron chi connectivity index (χ4n) is 17.2. The number of benzene rings is 8. The van der Waals surface area contributed by atoms with Gasteiger partial charge in [0.25, 0.3) is 5.91 Å². The van der Waals surface area contributed by atoms with Crippen LogP contribution in [0.5, 0.6) is 11.5 Å². The molecule has 1 N–H and O–H groups in total. The Labute approximate surface area is 656 Å². The summed E-state index contributed by atoms with van der Waals surface area (Å²) in [5, 5.41) is 6.91. The Bertz CT molecular complexity index is 4820. The molecule has 7 heterocycles. The molecule has 3 aromatic heterocycles. The highest BCUT2D eigenvalue weighted by atomic mass is 79.9. The fourth-order valence-corrected chi connectivity index (χ4v) is 18.0. The largest absolute Gasteiger partial charge is 0.495 e. The third-order valence-corrected chi connectivity index (χ3v) is 23.7. The number of aromatic nitrogens is 3. The molecule has 2 atom stereocenters. The summed E-state index contributed by atoms with van der Waals surface area (Å²) in [4.78, 5) is 51.6. The van der Waals surface area contributed by atoms with Gasteiger partial charge in [-0.25, -0.2) is 4.39 Å². The van der Waals surface area contributed by atoms with E-state index in [0.717, 1.165) is 219 Å². The molecule has 14 nitrogen and oxygen atoms in total. The summed E-state index contributed by atoms with van der Waals surface area (Å²) in [6.07, 6.45) is 19.3. The van der Waals surface area contributed by atoms with Gasteiger partial charge in [-0.1, -0.05) is 169 Å². The number of aryl methyl sites for hydroxylation is 5. The number of piperidine rings is 1. The molecule has 2 bridgehead atoms. The van der Waals surface area contributed by atoms with Crippen molar-refractivity contribution in [1.82, 2.24) is 43.5 Å². The highest BCUT2D eigenvalue weighted by Gasteiger charge is 2.40. The normalized spacial score (nSPS) is 17.3. The zero-order chi connectivity index (χ0) is 75.6. The summed E-state index contributed by atoms with van der Waals surface area (Å²) >= 11 is 10.0. The van der Waals surface area contributed by atoms with Crippen molar-refractivity contribution in [2.75, 3.05) is 86.2 Å². The van der Waals surface area contributed by atoms with Crippen molar-refractivity contribution in [3.8, 4) is 11.5 Å². The molecule has 4 saturated heterocycles. The average molecular weight is 1550 g/mol. The molecule has 0 aliphatic carbocycles. The van der Waals surface area contributed by atoms with Crippen LogP contribution in [0.1, 0.15) is 136 Å². The van der Waals surface area contributed by atoms with Gasteiger partial charge in [-0.3, -0.25) is 29.1 Å². The molecule has 8 aromatic carbocycles. The number of fused-ring (bicyclic) bond motifs is 5. The van der Waals surface area contributed by atoms with E-state index in [1.54, 1.807) is 21.1 Å². The Balaban J connectivity index is 0.000000145. The van der Waals surface area contributed by atoms with Gasteiger partial charge in [-0.15, -0.1) is 0 Å². The lowest BCUT2D eigenvalue weighted by atomic mass is 9.86. The zero-order valence-corrected chi connectivity index (χ0v) is 66.3. The van der Waals surface area contributed by atoms with Gasteiger partial charge in [-0.2, -0.15) is 0 Å². The topological polar surface area (TPSA) is 113 Å². The minimum atomic E-state index is -0.185. The third-order valence-electron chi connectivity index (χ3n) is 22.7. The lowest BCUT2D eigenvalue weighted by Crippen LogP contribution is -2.43. The molecule has 2 unspecified atom stereocenters. The number of nitrogens with one attached hydrogen (secondary N) is 1. The predicted molar refractivity (Wildman–Crippen MR) is 444 cm³/mol. The van der Waals surface area contributed by atoms with Gasteiger partial charge < -0.3 is 38.3 Å². The number of halogens is 3. The van der Waals surface area contributed by atoms with E-state index in [9.17, 15) is 18.8 Å². The maximum Gasteiger partial charge on any atom is 0.253 e. The van der Waals surface area contributed by atoms with Gasteiger partial charge in [0.15, 0.2) is 11.6 Å². The van der Waals surface area contributed by atoms with Crippen LogP contribution in [-0.4, -0.2) is 154 Å². The predicted octanol–water partition coefficient (Wildman–Crippen LogP) is 18.6. The first kappa shape index (κ1) is 78.4. The second-order valence-electron chi connectivity index (χ2n) is 30.2. The lowest BCUT2D eigenvalue weighted by molar-refractivity contribution is 0.0950. The van der Waals surface area contributed by atoms with E-state index in [1.165, 1.54) is 73.8 Å². The number of amides is 1. The van der Waals surface area contributed by atoms with Gasteiger partial charge in [0.05, 0.1) is 36.3 Å². The maximum absolute atomic E-state index is 13.3. The number of ether oxygens (including phenoxy) is 2. The number of Topliss-reactive ketones (excluding diaryl/α,β-unsaturated/α-hetero) is 1. The first-order valence-electron chi connectivity index (χ1n) is 39.4. The van der Waals surface area contributed by atoms with Gasteiger partial charge >= 0.3 is 0 Å². The SMILES string of the molecule is CC(=O)c1cn(CCCN2CCCN(Cc3ccccc3Cl)CC2)c2c(Br)cccc12.COc1cccc2c(C(=O)NCc3cccc(C)c3)cn(CCCN3C4CCC3CC(CCc3ccccc3)C4)c12.COc1cccc2c(C(=O)c3ccccc3)cn(CCCN3CCCN(Cc4ccc(F)cc4)CC3)c12. The number of hydrogen-bond donors (Lipinski definition) is 1. The van der Waals surface area contributed by atoms with Crippen molar-refractivity contribution < 1.29 is 28.2 Å². The Morgan fingerprint density at radius 2 is 1.03 bits per heavy atom. The van der Waals surface area contributed by atoms with E-state index in [4.69, 9.17) is 21.1 Å².